The van der Waals surface area contributed by atoms with Crippen molar-refractivity contribution in [2.24, 2.45) is 0 Å². The van der Waals surface area contributed by atoms with Crippen LogP contribution in [0.1, 0.15) is 20.8 Å². The van der Waals surface area contributed by atoms with E-state index in [1.807, 2.05) is 20.8 Å². The van der Waals surface area contributed by atoms with E-state index in [2.05, 4.69) is 0 Å². The smallest absolute Gasteiger partial charge is 1.00 e. The topological polar surface area (TPSA) is 26.3 Å². The van der Waals surface area contributed by atoms with Gasteiger partial charge in [0.25, 0.3) is 0 Å². The summed E-state index contributed by atoms with van der Waals surface area (Å²) >= 11 is -1.12. The number of hydrogen-bond donors (Lipinski definition) is 0. The van der Waals surface area contributed by atoms with E-state index in [0.29, 0.717) is 0 Å². The summed E-state index contributed by atoms with van der Waals surface area (Å²) in [6.45, 7) is 5.63. The van der Waals surface area contributed by atoms with Gasteiger partial charge in [-0.3, -0.25) is 0 Å². The van der Waals surface area contributed by atoms with E-state index in [0.717, 1.165) is 0 Å². The van der Waals surface area contributed by atoms with E-state index in [9.17, 15) is 3.67 Å². The third-order valence-electron chi connectivity index (χ3n) is 0.311. The van der Waals surface area contributed by atoms with E-state index < -0.39 is 16.6 Å². The van der Waals surface area contributed by atoms with Gasteiger partial charge in [0.2, 0.25) is 0 Å². The van der Waals surface area contributed by atoms with Crippen molar-refractivity contribution < 1.29 is 36.3 Å². The average molecular weight is 176 g/mol. The Bertz CT molecular complexity index is 68.9. The van der Waals surface area contributed by atoms with Crippen LogP contribution in [0.15, 0.2) is 0 Å². The molecule has 0 unspecified atom stereocenters. The van der Waals surface area contributed by atoms with Crippen LogP contribution < -0.4 is 12.4 Å². The molecule has 0 aromatic heterocycles. The Labute approximate surface area is 63.1 Å². The summed E-state index contributed by atoms with van der Waals surface area (Å²) in [7, 11) is 0. The molecule has 0 aliphatic rings. The van der Waals surface area contributed by atoms with Gasteiger partial charge >= 0.3 is 50.3 Å². The molecular formula is C4H9ClO2V. The minimum atomic E-state index is -1.12. The SMILES string of the molecule is CC(C)(C)[O][V+]=[O].[Cl-]. The molecule has 0 atom stereocenters. The van der Waals surface area contributed by atoms with Crippen molar-refractivity contribution in [3.05, 3.63) is 0 Å². The van der Waals surface area contributed by atoms with Gasteiger partial charge in [-0.2, -0.15) is 0 Å². The van der Waals surface area contributed by atoms with Crippen molar-refractivity contribution in [1.29, 1.82) is 0 Å². The molecule has 0 aliphatic carbocycles. The van der Waals surface area contributed by atoms with Crippen molar-refractivity contribution in [1.82, 2.24) is 0 Å². The van der Waals surface area contributed by atoms with Gasteiger partial charge in [-0.05, 0) is 0 Å². The van der Waals surface area contributed by atoms with E-state index in [4.69, 9.17) is 3.66 Å². The zero-order chi connectivity index (χ0) is 5.91. The molecule has 0 aromatic carbocycles. The zero-order valence-corrected chi connectivity index (χ0v) is 7.29. The molecule has 0 heterocycles. The van der Waals surface area contributed by atoms with Crippen LogP contribution in [0, 0.1) is 0 Å². The molecule has 0 bridgehead atoms. The zero-order valence-electron chi connectivity index (χ0n) is 5.14. The molecule has 0 spiro atoms. The first-order chi connectivity index (χ1) is 3.06. The van der Waals surface area contributed by atoms with E-state index in [-0.39, 0.29) is 18.0 Å². The fourth-order valence-electron chi connectivity index (χ4n) is 0.112. The quantitative estimate of drug-likeness (QED) is 0.468. The first kappa shape index (κ1) is 11.4. The van der Waals surface area contributed by atoms with Crippen LogP contribution in [-0.4, -0.2) is 5.60 Å². The Morgan fingerprint density at radius 2 is 1.75 bits per heavy atom. The largest absolute Gasteiger partial charge is 1.00 e. The summed E-state index contributed by atoms with van der Waals surface area (Å²) in [6, 6.07) is 0. The summed E-state index contributed by atoms with van der Waals surface area (Å²) < 4.78 is 14.6. The van der Waals surface area contributed by atoms with Crippen LogP contribution in [0.3, 0.4) is 0 Å². The van der Waals surface area contributed by atoms with Gasteiger partial charge in [-0.1, -0.05) is 0 Å². The molecule has 4 heteroatoms. The molecular weight excluding hydrogens is 166 g/mol. The molecule has 8 heavy (non-hydrogen) atoms. The third kappa shape index (κ3) is 9.81. The van der Waals surface area contributed by atoms with Crippen LogP contribution >= 0.6 is 0 Å². The fraction of sp³-hybridized carbons (Fsp3) is 1.00. The molecule has 0 radical (unpaired) electrons. The van der Waals surface area contributed by atoms with Gasteiger partial charge < -0.3 is 12.4 Å². The van der Waals surface area contributed by atoms with Crippen molar-refractivity contribution in [2.75, 3.05) is 0 Å². The summed E-state index contributed by atoms with van der Waals surface area (Å²) in [6.07, 6.45) is 0. The normalized spacial score (nSPS) is 9.38. The molecule has 0 amide bonds. The summed E-state index contributed by atoms with van der Waals surface area (Å²) in [5.74, 6) is 0. The van der Waals surface area contributed by atoms with Crippen molar-refractivity contribution in [3.8, 4) is 0 Å². The van der Waals surface area contributed by atoms with Gasteiger partial charge in [0.1, 0.15) is 0 Å². The second-order valence-electron chi connectivity index (χ2n) is 2.28. The Morgan fingerprint density at radius 3 is 1.75 bits per heavy atom. The van der Waals surface area contributed by atoms with E-state index in [1.54, 1.807) is 0 Å². The number of halogens is 1. The molecule has 0 aliphatic heterocycles. The molecule has 0 aromatic rings. The van der Waals surface area contributed by atoms with Crippen molar-refractivity contribution in [3.63, 3.8) is 0 Å². The molecule has 0 fully saturated rings. The maximum Gasteiger partial charge on any atom is -1.00 e. The first-order valence-corrected chi connectivity index (χ1v) is 3.21. The van der Waals surface area contributed by atoms with Gasteiger partial charge in [0.15, 0.2) is 0 Å². The van der Waals surface area contributed by atoms with Crippen LogP contribution in [0.25, 0.3) is 0 Å². The van der Waals surface area contributed by atoms with Crippen LogP contribution in [-0.2, 0) is 23.9 Å². The molecule has 0 N–H and O–H groups in total. The van der Waals surface area contributed by atoms with Crippen LogP contribution in [0.2, 0.25) is 0 Å². The third-order valence-corrected chi connectivity index (χ3v) is 1.28. The minimum Gasteiger partial charge on any atom is -1.00 e. The second-order valence-corrected chi connectivity index (χ2v) is 2.80. The van der Waals surface area contributed by atoms with E-state index in [1.165, 1.54) is 0 Å². The summed E-state index contributed by atoms with van der Waals surface area (Å²) in [5, 5.41) is 0. The van der Waals surface area contributed by atoms with Crippen molar-refractivity contribution in [2.45, 2.75) is 26.4 Å². The standard InChI is InChI=1S/C4H9O.ClH.O.V/c1-4(2,3)5;;;/h1-3H3;1H;;/q-1;;;+2/p-1. The van der Waals surface area contributed by atoms with Crippen LogP contribution in [0.4, 0.5) is 0 Å². The summed E-state index contributed by atoms with van der Waals surface area (Å²) in [5.41, 5.74) is -0.220. The Kier molecular flexibility index (Phi) is 6.44. The monoisotopic (exact) mass is 175 g/mol. The van der Waals surface area contributed by atoms with Gasteiger partial charge in [-0.25, -0.2) is 0 Å². The first-order valence-electron chi connectivity index (χ1n) is 2.07. The fourth-order valence-corrected chi connectivity index (χ4v) is 0.461. The number of hydrogen-bond acceptors (Lipinski definition) is 2. The molecule has 0 rings (SSSR count). The Hall–Kier alpha value is 0.634. The summed E-state index contributed by atoms with van der Waals surface area (Å²) in [4.78, 5) is 0. The van der Waals surface area contributed by atoms with Gasteiger partial charge in [0, 0.05) is 0 Å². The number of rotatable bonds is 1. The Balaban J connectivity index is 0. The second kappa shape index (κ2) is 4.51. The minimum absolute atomic E-state index is 0. The molecule has 0 saturated carbocycles. The maximum absolute atomic E-state index is 9.82. The Morgan fingerprint density at radius 1 is 1.38 bits per heavy atom. The predicted octanol–water partition coefficient (Wildman–Crippen LogP) is -1.85. The van der Waals surface area contributed by atoms with Crippen molar-refractivity contribution >= 4 is 0 Å². The van der Waals surface area contributed by atoms with Gasteiger partial charge in [0.05, 0.1) is 0 Å². The maximum atomic E-state index is 9.82. The molecule has 49 valence electrons. The predicted molar refractivity (Wildman–Crippen MR) is 21.5 cm³/mol. The van der Waals surface area contributed by atoms with Gasteiger partial charge in [-0.15, -0.1) is 0 Å². The molecule has 0 saturated heterocycles. The van der Waals surface area contributed by atoms with Crippen LogP contribution in [0.5, 0.6) is 0 Å². The molecule has 2 nitrogen and oxygen atoms in total. The van der Waals surface area contributed by atoms with E-state index >= 15 is 0 Å². The average Bonchev–Trinajstić information content (AvgIpc) is 1.30.